The van der Waals surface area contributed by atoms with Crippen LogP contribution in [-0.4, -0.2) is 31.1 Å². The highest BCUT2D eigenvalue weighted by Gasteiger charge is 1.99. The van der Waals surface area contributed by atoms with E-state index >= 15 is 0 Å². The summed E-state index contributed by atoms with van der Waals surface area (Å²) in [5.74, 6) is -0.284. The topological polar surface area (TPSA) is 29.5 Å². The normalized spacial score (nSPS) is 10.6. The van der Waals surface area contributed by atoms with Crippen molar-refractivity contribution in [1.29, 1.82) is 0 Å². The molecule has 0 fully saturated rings. The van der Waals surface area contributed by atoms with E-state index in [1.54, 1.807) is 0 Å². The number of rotatable bonds is 8. The molecule has 0 bridgehead atoms. The van der Waals surface area contributed by atoms with Crippen LogP contribution in [0.15, 0.2) is 12.3 Å². The molecule has 88 valence electrons. The van der Waals surface area contributed by atoms with E-state index in [2.05, 4.69) is 23.5 Å². The first-order valence-electron chi connectivity index (χ1n) is 5.74. The van der Waals surface area contributed by atoms with Crippen LogP contribution < -0.4 is 0 Å². The maximum Gasteiger partial charge on any atom is 0.331 e. The lowest BCUT2D eigenvalue weighted by Crippen LogP contribution is -2.20. The molecule has 0 spiro atoms. The third-order valence-electron chi connectivity index (χ3n) is 2.22. The van der Waals surface area contributed by atoms with Gasteiger partial charge in [-0.15, -0.1) is 0 Å². The van der Waals surface area contributed by atoms with Crippen LogP contribution in [0.4, 0.5) is 0 Å². The van der Waals surface area contributed by atoms with Crippen LogP contribution >= 0.6 is 0 Å². The number of carbonyl (C=O) groups is 1. The molecule has 0 amide bonds. The Morgan fingerprint density at radius 2 is 1.73 bits per heavy atom. The fourth-order valence-electron chi connectivity index (χ4n) is 1.22. The van der Waals surface area contributed by atoms with Gasteiger partial charge in [0.05, 0.1) is 7.11 Å². The number of ether oxygens (including phenoxy) is 1. The van der Waals surface area contributed by atoms with Crippen LogP contribution in [0.5, 0.6) is 0 Å². The molecule has 3 heteroatoms. The lowest BCUT2D eigenvalue weighted by atomic mass is 10.3. The number of hydrogen-bond donors (Lipinski definition) is 0. The van der Waals surface area contributed by atoms with Crippen molar-refractivity contribution in [3.63, 3.8) is 0 Å². The highest BCUT2D eigenvalue weighted by atomic mass is 16.5. The molecule has 0 aromatic rings. The molecule has 0 unspecified atom stereocenters. The summed E-state index contributed by atoms with van der Waals surface area (Å²) >= 11 is 0. The Labute approximate surface area is 93.1 Å². The van der Waals surface area contributed by atoms with Gasteiger partial charge in [-0.05, 0) is 12.8 Å². The second kappa shape index (κ2) is 9.56. The first-order valence-corrected chi connectivity index (χ1v) is 5.74. The van der Waals surface area contributed by atoms with Gasteiger partial charge in [-0.2, -0.15) is 0 Å². The Kier molecular flexibility index (Phi) is 8.93. The van der Waals surface area contributed by atoms with Crippen molar-refractivity contribution in [3.8, 4) is 0 Å². The van der Waals surface area contributed by atoms with Crippen molar-refractivity contribution < 1.29 is 9.53 Å². The predicted octanol–water partition coefficient (Wildman–Crippen LogP) is 2.58. The van der Waals surface area contributed by atoms with Crippen molar-refractivity contribution in [3.05, 3.63) is 12.3 Å². The number of hydrogen-bond acceptors (Lipinski definition) is 3. The summed E-state index contributed by atoms with van der Waals surface area (Å²) in [6, 6.07) is 0. The zero-order chi connectivity index (χ0) is 11.5. The van der Waals surface area contributed by atoms with Crippen LogP contribution in [0.2, 0.25) is 0 Å². The maximum absolute atomic E-state index is 10.9. The minimum atomic E-state index is -0.284. The average Bonchev–Trinajstić information content (AvgIpc) is 2.27. The molecule has 0 radical (unpaired) electrons. The maximum atomic E-state index is 10.9. The Hall–Kier alpha value is -0.990. The first kappa shape index (κ1) is 14.0. The van der Waals surface area contributed by atoms with Gasteiger partial charge in [0.15, 0.2) is 0 Å². The molecule has 0 N–H and O–H groups in total. The molecule has 0 aliphatic heterocycles. The van der Waals surface area contributed by atoms with Gasteiger partial charge < -0.3 is 9.64 Å². The van der Waals surface area contributed by atoms with Gasteiger partial charge in [0.2, 0.25) is 0 Å². The van der Waals surface area contributed by atoms with Crippen LogP contribution in [0.3, 0.4) is 0 Å². The summed E-state index contributed by atoms with van der Waals surface area (Å²) in [5.41, 5.74) is 0. The highest BCUT2D eigenvalue weighted by molar-refractivity contribution is 5.81. The zero-order valence-electron chi connectivity index (χ0n) is 10.2. The fourth-order valence-corrected chi connectivity index (χ4v) is 1.22. The molecule has 0 saturated carbocycles. The zero-order valence-corrected chi connectivity index (χ0v) is 10.2. The van der Waals surface area contributed by atoms with Crippen molar-refractivity contribution >= 4 is 5.97 Å². The third-order valence-corrected chi connectivity index (χ3v) is 2.22. The monoisotopic (exact) mass is 213 g/mol. The summed E-state index contributed by atoms with van der Waals surface area (Å²) in [5, 5.41) is 0. The Balaban J connectivity index is 3.98. The molecular weight excluding hydrogens is 190 g/mol. The van der Waals surface area contributed by atoms with Gasteiger partial charge in [0, 0.05) is 25.4 Å². The highest BCUT2D eigenvalue weighted by Crippen LogP contribution is 2.00. The van der Waals surface area contributed by atoms with Crippen molar-refractivity contribution in [2.75, 3.05) is 20.2 Å². The van der Waals surface area contributed by atoms with Crippen LogP contribution in [-0.2, 0) is 9.53 Å². The molecule has 15 heavy (non-hydrogen) atoms. The summed E-state index contributed by atoms with van der Waals surface area (Å²) in [6.07, 6.45) is 8.01. The molecule has 0 saturated heterocycles. The molecule has 0 aliphatic carbocycles. The van der Waals surface area contributed by atoms with E-state index in [0.717, 1.165) is 25.9 Å². The smallest absolute Gasteiger partial charge is 0.331 e. The Bertz CT molecular complexity index is 182. The minimum absolute atomic E-state index is 0.284. The van der Waals surface area contributed by atoms with Gasteiger partial charge in [0.1, 0.15) is 0 Å². The Morgan fingerprint density at radius 1 is 1.20 bits per heavy atom. The van der Waals surface area contributed by atoms with E-state index in [4.69, 9.17) is 0 Å². The lowest BCUT2D eigenvalue weighted by Gasteiger charge is -2.19. The number of carbonyl (C=O) groups excluding carboxylic acids is 1. The van der Waals surface area contributed by atoms with E-state index in [1.807, 2.05) is 6.20 Å². The van der Waals surface area contributed by atoms with Gasteiger partial charge in [-0.25, -0.2) is 4.79 Å². The molecule has 0 aliphatic rings. The Morgan fingerprint density at radius 3 is 2.13 bits per heavy atom. The number of nitrogens with zero attached hydrogens (tertiary/aromatic N) is 1. The summed E-state index contributed by atoms with van der Waals surface area (Å²) in [4.78, 5) is 13.1. The lowest BCUT2D eigenvalue weighted by molar-refractivity contribution is -0.134. The van der Waals surface area contributed by atoms with E-state index < -0.39 is 0 Å². The van der Waals surface area contributed by atoms with Crippen LogP contribution in [0, 0.1) is 0 Å². The molecule has 0 atom stereocenters. The van der Waals surface area contributed by atoms with E-state index in [-0.39, 0.29) is 5.97 Å². The second-order valence-electron chi connectivity index (χ2n) is 3.58. The minimum Gasteiger partial charge on any atom is -0.466 e. The first-order chi connectivity index (χ1) is 7.24. The summed E-state index contributed by atoms with van der Waals surface area (Å²) in [7, 11) is 1.40. The van der Waals surface area contributed by atoms with Crippen LogP contribution in [0.1, 0.15) is 39.5 Å². The summed E-state index contributed by atoms with van der Waals surface area (Å²) < 4.78 is 4.56. The third kappa shape index (κ3) is 8.03. The quantitative estimate of drug-likeness (QED) is 0.458. The van der Waals surface area contributed by atoms with E-state index in [0.29, 0.717) is 0 Å². The molecule has 0 aromatic heterocycles. The predicted molar refractivity (Wildman–Crippen MR) is 62.5 cm³/mol. The largest absolute Gasteiger partial charge is 0.466 e. The van der Waals surface area contributed by atoms with Crippen LogP contribution in [0.25, 0.3) is 0 Å². The molecule has 3 nitrogen and oxygen atoms in total. The molecule has 0 aromatic carbocycles. The van der Waals surface area contributed by atoms with E-state index in [1.165, 1.54) is 26.0 Å². The van der Waals surface area contributed by atoms with Gasteiger partial charge >= 0.3 is 5.97 Å². The average molecular weight is 213 g/mol. The SMILES string of the molecule is CCCCN(/C=C/C(=O)OC)CCCC. The van der Waals surface area contributed by atoms with Gasteiger partial charge in [-0.1, -0.05) is 26.7 Å². The second-order valence-corrected chi connectivity index (χ2v) is 3.58. The van der Waals surface area contributed by atoms with Gasteiger partial charge in [0.25, 0.3) is 0 Å². The standard InChI is InChI=1S/C12H23NO2/c1-4-6-9-13(10-7-5-2)11-8-12(14)15-3/h8,11H,4-7,9-10H2,1-3H3/b11-8+. The molecular formula is C12H23NO2. The molecule has 0 rings (SSSR count). The number of esters is 1. The van der Waals surface area contributed by atoms with Crippen molar-refractivity contribution in [2.45, 2.75) is 39.5 Å². The fraction of sp³-hybridized carbons (Fsp3) is 0.750. The van der Waals surface area contributed by atoms with E-state index in [9.17, 15) is 4.79 Å². The van der Waals surface area contributed by atoms with Crippen molar-refractivity contribution in [2.24, 2.45) is 0 Å². The molecule has 0 heterocycles. The van der Waals surface area contributed by atoms with Gasteiger partial charge in [-0.3, -0.25) is 0 Å². The summed E-state index contributed by atoms with van der Waals surface area (Å²) in [6.45, 7) is 6.37. The van der Waals surface area contributed by atoms with Crippen molar-refractivity contribution in [1.82, 2.24) is 4.90 Å². The number of unbranched alkanes of at least 4 members (excludes halogenated alkanes) is 2. The number of methoxy groups -OCH3 is 1.